The molecule has 0 aliphatic rings. The van der Waals surface area contributed by atoms with Crippen LogP contribution in [0.2, 0.25) is 0 Å². The van der Waals surface area contributed by atoms with Crippen molar-refractivity contribution < 1.29 is 4.79 Å². The summed E-state index contributed by atoms with van der Waals surface area (Å²) in [6, 6.07) is 28.2. The molecule has 0 spiro atoms. The molecule has 29 heavy (non-hydrogen) atoms. The number of aryl methyl sites for hydroxylation is 1. The molecule has 0 bridgehead atoms. The van der Waals surface area contributed by atoms with Gasteiger partial charge in [-0.3, -0.25) is 4.79 Å². The normalized spacial score (nSPS) is 10.7. The number of hydrogen-bond donors (Lipinski definition) is 0. The lowest BCUT2D eigenvalue weighted by Gasteiger charge is -2.23. The summed E-state index contributed by atoms with van der Waals surface area (Å²) < 4.78 is 0. The summed E-state index contributed by atoms with van der Waals surface area (Å²) in [7, 11) is 0. The van der Waals surface area contributed by atoms with Gasteiger partial charge in [-0.1, -0.05) is 72.3 Å². The molecule has 1 heterocycles. The highest BCUT2D eigenvalue weighted by atomic mass is 32.1. The number of rotatable bonds is 6. The molecule has 4 heteroatoms. The zero-order valence-corrected chi connectivity index (χ0v) is 17.1. The first kappa shape index (κ1) is 19.1. The molecule has 4 rings (SSSR count). The molecule has 3 aromatic carbocycles. The summed E-state index contributed by atoms with van der Waals surface area (Å²) in [5, 5.41) is 2.94. The molecule has 0 aliphatic carbocycles. The molecule has 1 amide bonds. The van der Waals surface area contributed by atoms with Crippen molar-refractivity contribution in [2.75, 3.05) is 4.90 Å². The predicted octanol–water partition coefficient (Wildman–Crippen LogP) is 5.89. The van der Waals surface area contributed by atoms with Crippen LogP contribution in [0.25, 0.3) is 10.6 Å². The van der Waals surface area contributed by atoms with Crippen molar-refractivity contribution >= 4 is 22.9 Å². The van der Waals surface area contributed by atoms with Crippen LogP contribution in [0.5, 0.6) is 0 Å². The van der Waals surface area contributed by atoms with E-state index in [-0.39, 0.29) is 12.3 Å². The number of amides is 1. The first-order valence-electron chi connectivity index (χ1n) is 9.60. The Kier molecular flexibility index (Phi) is 5.82. The van der Waals surface area contributed by atoms with E-state index in [1.165, 1.54) is 5.56 Å². The summed E-state index contributed by atoms with van der Waals surface area (Å²) in [4.78, 5) is 19.8. The number of para-hydroxylation sites is 1. The van der Waals surface area contributed by atoms with Gasteiger partial charge in [0.1, 0.15) is 5.01 Å². The molecule has 0 N–H and O–H groups in total. The van der Waals surface area contributed by atoms with Crippen molar-refractivity contribution in [2.45, 2.75) is 19.9 Å². The Morgan fingerprint density at radius 3 is 2.38 bits per heavy atom. The zero-order valence-electron chi connectivity index (χ0n) is 16.3. The van der Waals surface area contributed by atoms with Crippen LogP contribution in [0.3, 0.4) is 0 Å². The standard InChI is InChI=1S/C25H22N2OS/c1-19-9-8-12-21(15-19)25-26-22(18-29-25)16-24(28)27(23-13-6-3-7-14-23)17-20-10-4-2-5-11-20/h2-15,18H,16-17H2,1H3. The summed E-state index contributed by atoms with van der Waals surface area (Å²) in [5.74, 6) is 0.0427. The fraction of sp³-hybridized carbons (Fsp3) is 0.120. The summed E-state index contributed by atoms with van der Waals surface area (Å²) in [6.07, 6.45) is 0.282. The fourth-order valence-corrected chi connectivity index (χ4v) is 4.06. The molecule has 3 nitrogen and oxygen atoms in total. The van der Waals surface area contributed by atoms with Gasteiger partial charge in [0.2, 0.25) is 5.91 Å². The van der Waals surface area contributed by atoms with Gasteiger partial charge in [-0.15, -0.1) is 11.3 Å². The SMILES string of the molecule is Cc1cccc(-c2nc(CC(=O)N(Cc3ccccc3)c3ccccc3)cs2)c1. The van der Waals surface area contributed by atoms with Crippen molar-refractivity contribution in [1.82, 2.24) is 4.98 Å². The number of anilines is 1. The average Bonchev–Trinajstić information content (AvgIpc) is 3.22. The average molecular weight is 399 g/mol. The third-order valence-corrected chi connectivity index (χ3v) is 5.64. The second-order valence-electron chi connectivity index (χ2n) is 6.99. The Balaban J connectivity index is 1.55. The van der Waals surface area contributed by atoms with E-state index in [0.717, 1.165) is 27.5 Å². The molecule has 0 unspecified atom stereocenters. The zero-order chi connectivity index (χ0) is 20.1. The van der Waals surface area contributed by atoms with Gasteiger partial charge < -0.3 is 4.90 Å². The van der Waals surface area contributed by atoms with Gasteiger partial charge in [0.15, 0.2) is 0 Å². The smallest absolute Gasteiger partial charge is 0.233 e. The van der Waals surface area contributed by atoms with Crippen LogP contribution in [-0.2, 0) is 17.8 Å². The van der Waals surface area contributed by atoms with Crippen LogP contribution < -0.4 is 4.90 Å². The second kappa shape index (κ2) is 8.84. The van der Waals surface area contributed by atoms with Crippen LogP contribution in [0.15, 0.2) is 90.3 Å². The number of aromatic nitrogens is 1. The van der Waals surface area contributed by atoms with Gasteiger partial charge in [-0.05, 0) is 30.7 Å². The van der Waals surface area contributed by atoms with Gasteiger partial charge in [0, 0.05) is 16.6 Å². The first-order valence-corrected chi connectivity index (χ1v) is 10.5. The van der Waals surface area contributed by atoms with Gasteiger partial charge >= 0.3 is 0 Å². The molecule has 144 valence electrons. The molecule has 0 atom stereocenters. The highest BCUT2D eigenvalue weighted by Gasteiger charge is 2.18. The molecular formula is C25H22N2OS. The summed E-state index contributed by atoms with van der Waals surface area (Å²) in [5.41, 5.74) is 5.11. The molecule has 4 aromatic rings. The van der Waals surface area contributed by atoms with Crippen LogP contribution >= 0.6 is 11.3 Å². The first-order chi connectivity index (χ1) is 14.2. The Morgan fingerprint density at radius 2 is 1.66 bits per heavy atom. The molecular weight excluding hydrogens is 376 g/mol. The lowest BCUT2D eigenvalue weighted by Crippen LogP contribution is -2.31. The van der Waals surface area contributed by atoms with E-state index < -0.39 is 0 Å². The number of thiazole rings is 1. The number of carbonyl (C=O) groups is 1. The van der Waals surface area contributed by atoms with Crippen LogP contribution in [0, 0.1) is 6.92 Å². The maximum atomic E-state index is 13.2. The van der Waals surface area contributed by atoms with E-state index in [2.05, 4.69) is 25.1 Å². The van der Waals surface area contributed by atoms with E-state index in [0.29, 0.717) is 6.54 Å². The Bertz CT molecular complexity index is 1090. The minimum atomic E-state index is 0.0427. The fourth-order valence-electron chi connectivity index (χ4n) is 3.25. The highest BCUT2D eigenvalue weighted by molar-refractivity contribution is 7.13. The number of carbonyl (C=O) groups excluding carboxylic acids is 1. The molecule has 0 saturated carbocycles. The number of nitrogens with zero attached hydrogens (tertiary/aromatic N) is 2. The third kappa shape index (κ3) is 4.79. The van der Waals surface area contributed by atoms with Crippen molar-refractivity contribution in [3.8, 4) is 10.6 Å². The van der Waals surface area contributed by atoms with Crippen molar-refractivity contribution in [3.05, 3.63) is 107 Å². The maximum absolute atomic E-state index is 13.2. The van der Waals surface area contributed by atoms with Crippen molar-refractivity contribution in [3.63, 3.8) is 0 Å². The van der Waals surface area contributed by atoms with E-state index in [1.807, 2.05) is 77.0 Å². The van der Waals surface area contributed by atoms with E-state index in [9.17, 15) is 4.79 Å². The second-order valence-corrected chi connectivity index (χ2v) is 7.85. The van der Waals surface area contributed by atoms with Crippen LogP contribution in [0.1, 0.15) is 16.8 Å². The minimum Gasteiger partial charge on any atom is -0.308 e. The quantitative estimate of drug-likeness (QED) is 0.405. The monoisotopic (exact) mass is 398 g/mol. The van der Waals surface area contributed by atoms with Gasteiger partial charge in [-0.25, -0.2) is 4.98 Å². The summed E-state index contributed by atoms with van der Waals surface area (Å²) in [6.45, 7) is 2.61. The maximum Gasteiger partial charge on any atom is 0.233 e. The van der Waals surface area contributed by atoms with E-state index >= 15 is 0 Å². The molecule has 0 fully saturated rings. The van der Waals surface area contributed by atoms with Gasteiger partial charge in [0.05, 0.1) is 18.7 Å². The van der Waals surface area contributed by atoms with Crippen LogP contribution in [-0.4, -0.2) is 10.9 Å². The molecule has 0 aliphatic heterocycles. The Morgan fingerprint density at radius 1 is 0.931 bits per heavy atom. The summed E-state index contributed by atoms with van der Waals surface area (Å²) >= 11 is 1.58. The number of hydrogen-bond acceptors (Lipinski definition) is 3. The highest BCUT2D eigenvalue weighted by Crippen LogP contribution is 2.25. The van der Waals surface area contributed by atoms with Crippen molar-refractivity contribution in [1.29, 1.82) is 0 Å². The molecule has 1 aromatic heterocycles. The topological polar surface area (TPSA) is 33.2 Å². The lowest BCUT2D eigenvalue weighted by molar-refractivity contribution is -0.118. The largest absolute Gasteiger partial charge is 0.308 e. The van der Waals surface area contributed by atoms with Crippen molar-refractivity contribution in [2.24, 2.45) is 0 Å². The predicted molar refractivity (Wildman–Crippen MR) is 120 cm³/mol. The third-order valence-electron chi connectivity index (χ3n) is 4.70. The lowest BCUT2D eigenvalue weighted by atomic mass is 10.1. The van der Waals surface area contributed by atoms with E-state index in [1.54, 1.807) is 11.3 Å². The Hall–Kier alpha value is -3.24. The van der Waals surface area contributed by atoms with Gasteiger partial charge in [-0.2, -0.15) is 0 Å². The minimum absolute atomic E-state index is 0.0427. The van der Waals surface area contributed by atoms with Gasteiger partial charge in [0.25, 0.3) is 0 Å². The molecule has 0 saturated heterocycles. The van der Waals surface area contributed by atoms with Crippen LogP contribution in [0.4, 0.5) is 5.69 Å². The molecule has 0 radical (unpaired) electrons. The number of benzene rings is 3. The van der Waals surface area contributed by atoms with E-state index in [4.69, 9.17) is 4.98 Å². The Labute approximate surface area is 175 Å².